The van der Waals surface area contributed by atoms with Crippen molar-refractivity contribution in [3.63, 3.8) is 0 Å². The predicted octanol–water partition coefficient (Wildman–Crippen LogP) is 4.25. The maximum Gasteiger partial charge on any atom is 0.417 e. The number of carbonyl (C=O) groups excluding carboxylic acids is 1. The van der Waals surface area contributed by atoms with Crippen LogP contribution in [0.1, 0.15) is 43.2 Å². The molecule has 3 fully saturated rings. The quantitative estimate of drug-likeness (QED) is 0.223. The van der Waals surface area contributed by atoms with E-state index in [1.807, 2.05) is 6.07 Å². The molecule has 0 bridgehead atoms. The lowest BCUT2D eigenvalue weighted by atomic mass is 9.86. The van der Waals surface area contributed by atoms with E-state index in [-0.39, 0.29) is 36.8 Å². The van der Waals surface area contributed by atoms with E-state index in [4.69, 9.17) is 21.6 Å². The van der Waals surface area contributed by atoms with Crippen molar-refractivity contribution in [1.82, 2.24) is 29.5 Å². The van der Waals surface area contributed by atoms with E-state index in [1.54, 1.807) is 35.5 Å². The van der Waals surface area contributed by atoms with Crippen LogP contribution in [0.25, 0.3) is 0 Å². The summed E-state index contributed by atoms with van der Waals surface area (Å²) < 4.78 is 72.5. The van der Waals surface area contributed by atoms with Crippen LogP contribution in [0.2, 0.25) is 5.02 Å². The summed E-state index contributed by atoms with van der Waals surface area (Å²) in [5.74, 6) is 1.55. The molecule has 3 aromatic rings. The first kappa shape index (κ1) is 41.4. The van der Waals surface area contributed by atoms with Crippen LogP contribution in [0.5, 0.6) is 5.75 Å². The molecule has 6 rings (SSSR count). The molecule has 0 atom stereocenters. The normalized spacial score (nSPS) is 20.1. The number of halogens is 4. The Hall–Kier alpha value is -4.28. The van der Waals surface area contributed by atoms with Gasteiger partial charge in [-0.25, -0.2) is 18.4 Å². The summed E-state index contributed by atoms with van der Waals surface area (Å²) in [4.78, 5) is 31.9. The third-order valence-electron chi connectivity index (χ3n) is 10.4. The Kier molecular flexibility index (Phi) is 13.9. The minimum absolute atomic E-state index is 0.00210. The molecule has 2 aliphatic heterocycles. The second kappa shape index (κ2) is 18.8. The number of piperazine rings is 2. The number of alkyl halides is 3. The first-order valence-corrected chi connectivity index (χ1v) is 20.8. The van der Waals surface area contributed by atoms with Crippen molar-refractivity contribution in [3.8, 4) is 11.8 Å². The topological polar surface area (TPSA) is 160 Å². The molecular weight excluding hydrogens is 773 g/mol. The average molecular weight is 819 g/mol. The van der Waals surface area contributed by atoms with Crippen LogP contribution < -0.4 is 25.2 Å². The van der Waals surface area contributed by atoms with Gasteiger partial charge in [0.05, 0.1) is 52.3 Å². The van der Waals surface area contributed by atoms with Crippen LogP contribution in [0.15, 0.2) is 49.1 Å². The summed E-state index contributed by atoms with van der Waals surface area (Å²) in [6, 6.07) is 8.10. The molecule has 0 unspecified atom stereocenters. The average Bonchev–Trinajstić information content (AvgIpc) is 3.20. The first-order valence-electron chi connectivity index (χ1n) is 18.8. The molecule has 2 aromatic heterocycles. The number of anilines is 3. The maximum atomic E-state index is 13.1. The Morgan fingerprint density at radius 2 is 1.66 bits per heavy atom. The Labute approximate surface area is 330 Å². The van der Waals surface area contributed by atoms with E-state index >= 15 is 0 Å². The number of aromatic nitrogens is 3. The summed E-state index contributed by atoms with van der Waals surface area (Å²) in [5.41, 5.74) is -0.0930. The number of ether oxygens (including phenoxy) is 1. The predicted molar refractivity (Wildman–Crippen MR) is 206 cm³/mol. The van der Waals surface area contributed by atoms with E-state index in [9.17, 15) is 26.4 Å². The van der Waals surface area contributed by atoms with Crippen LogP contribution in [0, 0.1) is 17.2 Å². The molecule has 302 valence electrons. The lowest BCUT2D eigenvalue weighted by molar-refractivity contribution is -0.137. The van der Waals surface area contributed by atoms with Gasteiger partial charge < -0.3 is 25.2 Å². The number of benzene rings is 1. The van der Waals surface area contributed by atoms with Gasteiger partial charge >= 0.3 is 6.18 Å². The number of amides is 1. The number of hydrogen-bond donors (Lipinski definition) is 2. The van der Waals surface area contributed by atoms with Crippen LogP contribution in [-0.4, -0.2) is 122 Å². The fourth-order valence-electron chi connectivity index (χ4n) is 7.12. The lowest BCUT2D eigenvalue weighted by Crippen LogP contribution is -2.49. The van der Waals surface area contributed by atoms with Gasteiger partial charge in [0.25, 0.3) is 0 Å². The van der Waals surface area contributed by atoms with E-state index < -0.39 is 21.8 Å². The second-order valence-electron chi connectivity index (χ2n) is 14.2. The Morgan fingerprint density at radius 1 is 0.929 bits per heavy atom. The zero-order valence-corrected chi connectivity index (χ0v) is 32.5. The van der Waals surface area contributed by atoms with Gasteiger partial charge in [-0.3, -0.25) is 14.7 Å². The SMILES string of the molecule is N#Cc1ccc(OC2CCC(C(=O)Nc3cnc(N4CCN(CCNCCCS(=O)(=O)N5CCN(c6cncc(C(F)(F)F)c6)CC5)CC4)cn3)CC2)cc1Cl. The van der Waals surface area contributed by atoms with Gasteiger partial charge in [-0.1, -0.05) is 11.6 Å². The number of pyridine rings is 1. The van der Waals surface area contributed by atoms with E-state index in [1.165, 1.54) is 10.5 Å². The van der Waals surface area contributed by atoms with Gasteiger partial charge in [-0.05, 0) is 56.8 Å². The molecule has 4 heterocycles. The number of nitriles is 1. The van der Waals surface area contributed by atoms with Crippen molar-refractivity contribution in [2.75, 3.05) is 92.9 Å². The zero-order valence-electron chi connectivity index (χ0n) is 30.9. The van der Waals surface area contributed by atoms with E-state index in [2.05, 4.69) is 35.4 Å². The highest BCUT2D eigenvalue weighted by molar-refractivity contribution is 7.89. The molecule has 1 saturated carbocycles. The second-order valence-corrected chi connectivity index (χ2v) is 16.7. The Balaban J connectivity index is 0.822. The third kappa shape index (κ3) is 11.2. The number of sulfonamides is 1. The Morgan fingerprint density at radius 3 is 2.32 bits per heavy atom. The molecule has 3 aliphatic rings. The van der Waals surface area contributed by atoms with Crippen molar-refractivity contribution in [3.05, 3.63) is 65.2 Å². The molecule has 19 heteroatoms. The number of nitrogens with one attached hydrogen (secondary N) is 2. The first-order chi connectivity index (χ1) is 26.9. The summed E-state index contributed by atoms with van der Waals surface area (Å²) in [6.45, 7) is 6.33. The van der Waals surface area contributed by atoms with Gasteiger partial charge in [-0.2, -0.15) is 22.7 Å². The lowest BCUT2D eigenvalue weighted by Gasteiger charge is -2.35. The number of hydrogen-bond acceptors (Lipinski definition) is 12. The minimum Gasteiger partial charge on any atom is -0.490 e. The molecule has 1 aromatic carbocycles. The highest BCUT2D eigenvalue weighted by atomic mass is 35.5. The largest absolute Gasteiger partial charge is 0.490 e. The molecule has 0 spiro atoms. The van der Waals surface area contributed by atoms with Crippen molar-refractivity contribution in [2.24, 2.45) is 5.92 Å². The third-order valence-corrected chi connectivity index (χ3v) is 12.7. The van der Waals surface area contributed by atoms with Gasteiger partial charge in [-0.15, -0.1) is 0 Å². The Bertz CT molecular complexity index is 1930. The van der Waals surface area contributed by atoms with Gasteiger partial charge in [0.15, 0.2) is 5.82 Å². The standard InChI is InChI=1S/C37H46ClF3N10O4S/c38-33-21-32(7-4-28(33)22-42)55-31-5-2-27(3-6-31)36(52)47-34-25-46-35(26-45-34)50-13-11-48(12-14-50)10-9-43-8-1-19-56(53,54)51-17-15-49(16-18-51)30-20-29(23-44-24-30)37(39,40)41/h4,7,20-21,23-27,31,43H,1-3,5-6,8-19H2,(H,45,47,52). The molecule has 2 saturated heterocycles. The molecule has 56 heavy (non-hydrogen) atoms. The summed E-state index contributed by atoms with van der Waals surface area (Å²) in [6.07, 6.45) is 4.19. The fraction of sp³-hybridized carbons (Fsp3) is 0.541. The number of carbonyl (C=O) groups is 1. The maximum absolute atomic E-state index is 13.1. The molecule has 1 amide bonds. The van der Waals surface area contributed by atoms with Crippen molar-refractivity contribution in [2.45, 2.75) is 44.4 Å². The molecule has 2 N–H and O–H groups in total. The molecule has 1 aliphatic carbocycles. The fourth-order valence-corrected chi connectivity index (χ4v) is 8.82. The van der Waals surface area contributed by atoms with Gasteiger partial charge in [0.2, 0.25) is 15.9 Å². The summed E-state index contributed by atoms with van der Waals surface area (Å²) in [5, 5.41) is 15.7. The van der Waals surface area contributed by atoms with Crippen LogP contribution in [0.3, 0.4) is 0 Å². The van der Waals surface area contributed by atoms with Gasteiger partial charge in [0, 0.05) is 83.6 Å². The van der Waals surface area contributed by atoms with Crippen molar-refractivity contribution < 1.29 is 31.1 Å². The van der Waals surface area contributed by atoms with Crippen molar-refractivity contribution >= 4 is 44.9 Å². The van der Waals surface area contributed by atoms with Gasteiger partial charge in [0.1, 0.15) is 17.6 Å². The molecular formula is C37H46ClF3N10O4S. The highest BCUT2D eigenvalue weighted by Gasteiger charge is 2.33. The smallest absolute Gasteiger partial charge is 0.417 e. The van der Waals surface area contributed by atoms with Crippen molar-refractivity contribution in [1.29, 1.82) is 5.26 Å². The van der Waals surface area contributed by atoms with Crippen LogP contribution in [-0.2, 0) is 21.0 Å². The zero-order chi connectivity index (χ0) is 39.7. The monoisotopic (exact) mass is 818 g/mol. The highest BCUT2D eigenvalue weighted by Crippen LogP contribution is 2.32. The van der Waals surface area contributed by atoms with E-state index in [0.717, 1.165) is 70.2 Å². The summed E-state index contributed by atoms with van der Waals surface area (Å²) >= 11 is 6.12. The molecule has 0 radical (unpaired) electrons. The van der Waals surface area contributed by atoms with Crippen LogP contribution >= 0.6 is 11.6 Å². The number of rotatable bonds is 14. The number of nitrogens with zero attached hydrogens (tertiary/aromatic N) is 8. The summed E-state index contributed by atoms with van der Waals surface area (Å²) in [7, 11) is -3.48. The molecule has 14 nitrogen and oxygen atoms in total. The minimum atomic E-state index is -4.49. The van der Waals surface area contributed by atoms with E-state index in [0.29, 0.717) is 66.7 Å². The van der Waals surface area contributed by atoms with Crippen LogP contribution in [0.4, 0.5) is 30.5 Å².